The molecule has 1 rings (SSSR count). The van der Waals surface area contributed by atoms with E-state index in [0.717, 1.165) is 22.7 Å². The van der Waals surface area contributed by atoms with Gasteiger partial charge in [0.1, 0.15) is 11.5 Å². The van der Waals surface area contributed by atoms with Gasteiger partial charge >= 0.3 is 0 Å². The van der Waals surface area contributed by atoms with Crippen molar-refractivity contribution in [1.29, 1.82) is 0 Å². The third kappa shape index (κ3) is 2.78. The van der Waals surface area contributed by atoms with Crippen molar-refractivity contribution in [2.75, 3.05) is 19.5 Å². The van der Waals surface area contributed by atoms with Crippen LogP contribution >= 0.6 is 0 Å². The SMILES string of the molecule is COc1cc(NC(C)C)cc(OC)c1C. The summed E-state index contributed by atoms with van der Waals surface area (Å²) in [6, 6.07) is 4.36. The highest BCUT2D eigenvalue weighted by Gasteiger charge is 2.08. The molecule has 1 N–H and O–H groups in total. The minimum absolute atomic E-state index is 0.391. The lowest BCUT2D eigenvalue weighted by atomic mass is 10.1. The number of ether oxygens (including phenoxy) is 2. The fourth-order valence-corrected chi connectivity index (χ4v) is 1.50. The van der Waals surface area contributed by atoms with Crippen LogP contribution in [0.25, 0.3) is 0 Å². The summed E-state index contributed by atoms with van der Waals surface area (Å²) in [4.78, 5) is 0. The Balaban J connectivity index is 3.09. The van der Waals surface area contributed by atoms with Crippen LogP contribution in [0.1, 0.15) is 19.4 Å². The molecule has 1 aromatic rings. The van der Waals surface area contributed by atoms with E-state index < -0.39 is 0 Å². The average Bonchev–Trinajstić information content (AvgIpc) is 2.19. The molecule has 0 heterocycles. The second-order valence-corrected chi connectivity index (χ2v) is 3.80. The van der Waals surface area contributed by atoms with Crippen LogP contribution in [0.5, 0.6) is 11.5 Å². The van der Waals surface area contributed by atoms with Crippen LogP contribution in [0.15, 0.2) is 12.1 Å². The normalized spacial score (nSPS) is 10.3. The largest absolute Gasteiger partial charge is 0.496 e. The number of methoxy groups -OCH3 is 2. The van der Waals surface area contributed by atoms with Crippen LogP contribution in [-0.2, 0) is 0 Å². The highest BCUT2D eigenvalue weighted by molar-refractivity contribution is 5.58. The van der Waals surface area contributed by atoms with Crippen LogP contribution in [0.3, 0.4) is 0 Å². The van der Waals surface area contributed by atoms with Gasteiger partial charge < -0.3 is 14.8 Å². The summed E-state index contributed by atoms with van der Waals surface area (Å²) in [5.41, 5.74) is 2.04. The van der Waals surface area contributed by atoms with E-state index in [2.05, 4.69) is 19.2 Å². The zero-order chi connectivity index (χ0) is 11.4. The van der Waals surface area contributed by atoms with Crippen LogP contribution in [0.2, 0.25) is 0 Å². The molecule has 0 fully saturated rings. The molecule has 84 valence electrons. The molecule has 0 saturated carbocycles. The lowest BCUT2D eigenvalue weighted by Crippen LogP contribution is -2.10. The van der Waals surface area contributed by atoms with Gasteiger partial charge in [-0.05, 0) is 20.8 Å². The molecule has 0 aliphatic rings. The fourth-order valence-electron chi connectivity index (χ4n) is 1.50. The second-order valence-electron chi connectivity index (χ2n) is 3.80. The van der Waals surface area contributed by atoms with E-state index >= 15 is 0 Å². The zero-order valence-corrected chi connectivity index (χ0v) is 10.0. The standard InChI is InChI=1S/C12H19NO2/c1-8(2)13-10-6-11(14-4)9(3)12(7-10)15-5/h6-8,13H,1-5H3. The summed E-state index contributed by atoms with van der Waals surface area (Å²) in [6.07, 6.45) is 0. The average molecular weight is 209 g/mol. The first kappa shape index (κ1) is 11.7. The van der Waals surface area contributed by atoms with Crippen molar-refractivity contribution in [3.05, 3.63) is 17.7 Å². The Kier molecular flexibility index (Phi) is 3.83. The first-order valence-electron chi connectivity index (χ1n) is 5.07. The number of nitrogens with one attached hydrogen (secondary N) is 1. The van der Waals surface area contributed by atoms with Crippen LogP contribution in [-0.4, -0.2) is 20.3 Å². The molecule has 0 aliphatic carbocycles. The Morgan fingerprint density at radius 3 is 1.87 bits per heavy atom. The monoisotopic (exact) mass is 209 g/mol. The number of hydrogen-bond acceptors (Lipinski definition) is 3. The molecule has 0 radical (unpaired) electrons. The number of benzene rings is 1. The molecule has 0 bridgehead atoms. The van der Waals surface area contributed by atoms with Crippen molar-refractivity contribution in [1.82, 2.24) is 0 Å². The Hall–Kier alpha value is -1.38. The Bertz CT molecular complexity index is 309. The maximum atomic E-state index is 5.29. The Morgan fingerprint density at radius 2 is 1.53 bits per heavy atom. The van der Waals surface area contributed by atoms with Crippen molar-refractivity contribution in [2.45, 2.75) is 26.8 Å². The van der Waals surface area contributed by atoms with Gasteiger partial charge in [-0.1, -0.05) is 0 Å². The highest BCUT2D eigenvalue weighted by Crippen LogP contribution is 2.32. The van der Waals surface area contributed by atoms with Crippen molar-refractivity contribution in [3.63, 3.8) is 0 Å². The van der Waals surface area contributed by atoms with Gasteiger partial charge in [0.2, 0.25) is 0 Å². The quantitative estimate of drug-likeness (QED) is 0.827. The lowest BCUT2D eigenvalue weighted by molar-refractivity contribution is 0.389. The molecule has 3 nitrogen and oxygen atoms in total. The predicted molar refractivity (Wildman–Crippen MR) is 63.0 cm³/mol. The van der Waals surface area contributed by atoms with Crippen LogP contribution in [0.4, 0.5) is 5.69 Å². The fraction of sp³-hybridized carbons (Fsp3) is 0.500. The van der Waals surface area contributed by atoms with Gasteiger partial charge in [-0.2, -0.15) is 0 Å². The van der Waals surface area contributed by atoms with Crippen molar-refractivity contribution in [3.8, 4) is 11.5 Å². The molecule has 0 atom stereocenters. The molecule has 1 aromatic carbocycles. The van der Waals surface area contributed by atoms with Gasteiger partial charge in [0.25, 0.3) is 0 Å². The third-order valence-electron chi connectivity index (χ3n) is 2.21. The molecule has 0 unspecified atom stereocenters. The smallest absolute Gasteiger partial charge is 0.127 e. The lowest BCUT2D eigenvalue weighted by Gasteiger charge is -2.15. The van der Waals surface area contributed by atoms with Crippen molar-refractivity contribution in [2.24, 2.45) is 0 Å². The van der Waals surface area contributed by atoms with Gasteiger partial charge in [0, 0.05) is 29.4 Å². The first-order valence-corrected chi connectivity index (χ1v) is 5.07. The van der Waals surface area contributed by atoms with E-state index in [9.17, 15) is 0 Å². The molecular weight excluding hydrogens is 190 g/mol. The molecule has 0 amide bonds. The second kappa shape index (κ2) is 4.91. The molecule has 3 heteroatoms. The highest BCUT2D eigenvalue weighted by atomic mass is 16.5. The molecule has 0 spiro atoms. The molecular formula is C12H19NO2. The van der Waals surface area contributed by atoms with Crippen LogP contribution < -0.4 is 14.8 Å². The summed E-state index contributed by atoms with van der Waals surface area (Å²) in [7, 11) is 3.34. The number of anilines is 1. The summed E-state index contributed by atoms with van der Waals surface area (Å²) < 4.78 is 10.6. The summed E-state index contributed by atoms with van der Waals surface area (Å²) in [5.74, 6) is 1.69. The van der Waals surface area contributed by atoms with E-state index in [0.29, 0.717) is 6.04 Å². The molecule has 15 heavy (non-hydrogen) atoms. The van der Waals surface area contributed by atoms with Crippen molar-refractivity contribution < 1.29 is 9.47 Å². The van der Waals surface area contributed by atoms with E-state index in [1.807, 2.05) is 19.1 Å². The number of rotatable bonds is 4. The van der Waals surface area contributed by atoms with Crippen LogP contribution in [0, 0.1) is 6.92 Å². The Morgan fingerprint density at radius 1 is 1.07 bits per heavy atom. The minimum atomic E-state index is 0.391. The van der Waals surface area contributed by atoms with E-state index in [-0.39, 0.29) is 0 Å². The van der Waals surface area contributed by atoms with Gasteiger partial charge in [-0.15, -0.1) is 0 Å². The van der Waals surface area contributed by atoms with E-state index in [1.165, 1.54) is 0 Å². The molecule has 0 aliphatic heterocycles. The maximum Gasteiger partial charge on any atom is 0.127 e. The van der Waals surface area contributed by atoms with E-state index in [1.54, 1.807) is 14.2 Å². The zero-order valence-electron chi connectivity index (χ0n) is 10.0. The summed E-state index contributed by atoms with van der Waals surface area (Å²) in [6.45, 7) is 6.18. The Labute approximate surface area is 91.4 Å². The summed E-state index contributed by atoms with van der Waals surface area (Å²) in [5, 5.41) is 3.32. The molecule has 0 aromatic heterocycles. The maximum absolute atomic E-state index is 5.29. The van der Waals surface area contributed by atoms with E-state index in [4.69, 9.17) is 9.47 Å². The first-order chi connectivity index (χ1) is 7.08. The topological polar surface area (TPSA) is 30.5 Å². The van der Waals surface area contributed by atoms with Gasteiger partial charge in [-0.3, -0.25) is 0 Å². The van der Waals surface area contributed by atoms with Gasteiger partial charge in [0.05, 0.1) is 14.2 Å². The third-order valence-corrected chi connectivity index (χ3v) is 2.21. The number of hydrogen-bond donors (Lipinski definition) is 1. The predicted octanol–water partition coefficient (Wildman–Crippen LogP) is 2.83. The van der Waals surface area contributed by atoms with Gasteiger partial charge in [0.15, 0.2) is 0 Å². The van der Waals surface area contributed by atoms with Crippen molar-refractivity contribution >= 4 is 5.69 Å². The van der Waals surface area contributed by atoms with Gasteiger partial charge in [-0.25, -0.2) is 0 Å². The molecule has 0 saturated heterocycles. The summed E-state index contributed by atoms with van der Waals surface area (Å²) >= 11 is 0. The minimum Gasteiger partial charge on any atom is -0.496 e.